The van der Waals surface area contributed by atoms with E-state index in [-0.39, 0.29) is 0 Å². The Kier molecular flexibility index (Phi) is 12.8. The van der Waals surface area contributed by atoms with Crippen molar-refractivity contribution in [3.8, 4) is 0 Å². The summed E-state index contributed by atoms with van der Waals surface area (Å²) < 4.78 is 27.4. The topological polar surface area (TPSA) is 130 Å². The quantitative estimate of drug-likeness (QED) is 0.484. The Morgan fingerprint density at radius 3 is 1.56 bits per heavy atom. The molecular formula is C6H16O8P2. The molecule has 0 aromatic heterocycles. The maximum Gasteiger partial charge on any atom is 0.361 e. The zero-order chi connectivity index (χ0) is 13.1. The van der Waals surface area contributed by atoms with E-state index in [9.17, 15) is 13.9 Å². The molecule has 8 nitrogen and oxygen atoms in total. The Hall–Kier alpha value is -0.230. The van der Waals surface area contributed by atoms with Crippen molar-refractivity contribution in [2.75, 3.05) is 0 Å². The van der Waals surface area contributed by atoms with E-state index in [1.54, 1.807) is 0 Å². The fourth-order valence-corrected chi connectivity index (χ4v) is 1.07. The van der Waals surface area contributed by atoms with E-state index < -0.39 is 28.8 Å². The Labute approximate surface area is 94.1 Å². The van der Waals surface area contributed by atoms with Crippen molar-refractivity contribution in [3.05, 3.63) is 0 Å². The number of carboxylic acid groups (broad SMARTS) is 1. The van der Waals surface area contributed by atoms with Gasteiger partial charge in [-0.15, -0.1) is 0 Å². The molecule has 0 aliphatic carbocycles. The van der Waals surface area contributed by atoms with Gasteiger partial charge in [0, 0.05) is 0 Å². The summed E-state index contributed by atoms with van der Waals surface area (Å²) in [6, 6.07) is 0. The number of aliphatic carboxylic acids is 1. The van der Waals surface area contributed by atoms with Crippen molar-refractivity contribution in [3.63, 3.8) is 0 Å². The molecule has 0 amide bonds. The highest BCUT2D eigenvalue weighted by molar-refractivity contribution is 7.33. The van der Waals surface area contributed by atoms with Crippen molar-refractivity contribution in [2.24, 2.45) is 0 Å². The van der Waals surface area contributed by atoms with Gasteiger partial charge in [-0.05, 0) is 0 Å². The normalized spacial score (nSPS) is 15.5. The minimum Gasteiger partial charge on any atom is -0.477 e. The molecule has 0 radical (unpaired) electrons. The molecule has 0 heterocycles. The molecule has 0 saturated carbocycles. The van der Waals surface area contributed by atoms with Gasteiger partial charge in [0.15, 0.2) is 0 Å². The zero-order valence-corrected chi connectivity index (χ0v) is 10.9. The van der Waals surface area contributed by atoms with Gasteiger partial charge in [-0.25, -0.2) is 4.79 Å². The van der Waals surface area contributed by atoms with E-state index in [4.69, 9.17) is 14.9 Å². The highest BCUT2D eigenvalue weighted by Gasteiger charge is 2.22. The van der Waals surface area contributed by atoms with Crippen molar-refractivity contribution in [2.45, 2.75) is 33.0 Å². The number of hydrogen-bond donors (Lipinski definition) is 3. The van der Waals surface area contributed by atoms with Crippen molar-refractivity contribution < 1.29 is 37.9 Å². The molecule has 98 valence electrons. The SMILES string of the molecule is CCCC.O=C(O)C(O[PH](=O)O)O[PH](=O)O. The standard InChI is InChI=1S/C4H10.C2H6O8P2/c1-3-4-2;3-1(4)2(9-11(5)6)10-12(7)8/h3-4H2,1-2H3;2,11-12H,(H,3,4)(H,5,6)(H,7,8). The van der Waals surface area contributed by atoms with E-state index in [2.05, 4.69) is 22.9 Å². The Morgan fingerprint density at radius 1 is 1.12 bits per heavy atom. The van der Waals surface area contributed by atoms with Crippen LogP contribution in [0.15, 0.2) is 0 Å². The van der Waals surface area contributed by atoms with E-state index in [0.29, 0.717) is 0 Å². The van der Waals surface area contributed by atoms with Gasteiger partial charge < -0.3 is 14.9 Å². The first kappa shape index (κ1) is 18.1. The second kappa shape index (κ2) is 11.3. The molecule has 3 N–H and O–H groups in total. The van der Waals surface area contributed by atoms with Gasteiger partial charge in [0.1, 0.15) is 0 Å². The molecule has 2 unspecified atom stereocenters. The molecule has 0 aliphatic rings. The Morgan fingerprint density at radius 2 is 1.44 bits per heavy atom. The fourth-order valence-electron chi connectivity index (χ4n) is 0.308. The molecule has 0 spiro atoms. The van der Waals surface area contributed by atoms with Crippen molar-refractivity contribution >= 4 is 22.5 Å². The van der Waals surface area contributed by atoms with Crippen LogP contribution in [0.2, 0.25) is 0 Å². The van der Waals surface area contributed by atoms with Gasteiger partial charge in [0.2, 0.25) is 0 Å². The molecule has 0 aliphatic heterocycles. The number of unbranched alkanes of at least 4 members (excludes halogenated alkanes) is 1. The summed E-state index contributed by atoms with van der Waals surface area (Å²) in [6.07, 6.45) is 0.456. The van der Waals surface area contributed by atoms with Gasteiger partial charge in [-0.2, -0.15) is 0 Å². The summed E-state index contributed by atoms with van der Waals surface area (Å²) in [7, 11) is -7.03. The largest absolute Gasteiger partial charge is 0.477 e. The molecule has 0 saturated heterocycles. The minimum absolute atomic E-state index is 1.32. The molecular weight excluding hydrogens is 262 g/mol. The minimum atomic E-state index is -3.51. The summed E-state index contributed by atoms with van der Waals surface area (Å²) in [5, 5.41) is 8.15. The van der Waals surface area contributed by atoms with Crippen LogP contribution in [0.25, 0.3) is 0 Å². The highest BCUT2D eigenvalue weighted by atomic mass is 31.1. The van der Waals surface area contributed by atoms with Crippen LogP contribution < -0.4 is 0 Å². The number of rotatable bonds is 6. The molecule has 2 atom stereocenters. The lowest BCUT2D eigenvalue weighted by atomic mass is 10.4. The van der Waals surface area contributed by atoms with E-state index in [1.165, 1.54) is 12.8 Å². The van der Waals surface area contributed by atoms with Crippen LogP contribution in [0.3, 0.4) is 0 Å². The maximum atomic E-state index is 10.1. The predicted octanol–water partition coefficient (Wildman–Crippen LogP) is 1.00. The van der Waals surface area contributed by atoms with E-state index >= 15 is 0 Å². The zero-order valence-electron chi connectivity index (χ0n) is 8.87. The first-order valence-electron chi connectivity index (χ1n) is 4.37. The molecule has 0 fully saturated rings. The average molecular weight is 278 g/mol. The Bertz CT molecular complexity index is 225. The van der Waals surface area contributed by atoms with Gasteiger partial charge in [-0.1, -0.05) is 26.7 Å². The van der Waals surface area contributed by atoms with Crippen LogP contribution in [-0.4, -0.2) is 27.2 Å². The number of carbonyl (C=O) groups is 1. The second-order valence-electron chi connectivity index (χ2n) is 2.44. The number of carboxylic acids is 1. The Balaban J connectivity index is 0. The van der Waals surface area contributed by atoms with Gasteiger partial charge in [0.05, 0.1) is 0 Å². The second-order valence-corrected chi connectivity index (χ2v) is 3.97. The summed E-state index contributed by atoms with van der Waals surface area (Å²) in [5.41, 5.74) is 0. The highest BCUT2D eigenvalue weighted by Crippen LogP contribution is 2.25. The van der Waals surface area contributed by atoms with Gasteiger partial charge >= 0.3 is 22.5 Å². The molecule has 0 aromatic rings. The first-order chi connectivity index (χ1) is 7.34. The third-order valence-electron chi connectivity index (χ3n) is 1.12. The fraction of sp³-hybridized carbons (Fsp3) is 0.833. The molecule has 0 bridgehead atoms. The van der Waals surface area contributed by atoms with Crippen LogP contribution >= 0.6 is 16.5 Å². The molecule has 0 aromatic carbocycles. The lowest BCUT2D eigenvalue weighted by Crippen LogP contribution is -2.22. The lowest BCUT2D eigenvalue weighted by molar-refractivity contribution is -0.158. The van der Waals surface area contributed by atoms with Crippen LogP contribution in [0.4, 0.5) is 0 Å². The summed E-state index contributed by atoms with van der Waals surface area (Å²) in [4.78, 5) is 26.2. The van der Waals surface area contributed by atoms with Crippen LogP contribution in [0.1, 0.15) is 26.7 Å². The summed E-state index contributed by atoms with van der Waals surface area (Å²) >= 11 is 0. The van der Waals surface area contributed by atoms with Crippen LogP contribution in [-0.2, 0) is 23.0 Å². The molecule has 16 heavy (non-hydrogen) atoms. The average Bonchev–Trinajstić information content (AvgIpc) is 2.15. The van der Waals surface area contributed by atoms with E-state index in [0.717, 1.165) is 0 Å². The van der Waals surface area contributed by atoms with Crippen molar-refractivity contribution in [1.82, 2.24) is 0 Å². The molecule has 0 rings (SSSR count). The number of hydrogen-bond acceptors (Lipinski definition) is 5. The van der Waals surface area contributed by atoms with Crippen LogP contribution in [0.5, 0.6) is 0 Å². The molecule has 10 heteroatoms. The first-order valence-corrected chi connectivity index (χ1v) is 6.89. The summed E-state index contributed by atoms with van der Waals surface area (Å²) in [5.74, 6) is -1.75. The van der Waals surface area contributed by atoms with E-state index in [1.807, 2.05) is 0 Å². The maximum absolute atomic E-state index is 10.1. The lowest BCUT2D eigenvalue weighted by Gasteiger charge is -2.08. The monoisotopic (exact) mass is 278 g/mol. The third-order valence-corrected chi connectivity index (χ3v) is 1.95. The smallest absolute Gasteiger partial charge is 0.361 e. The predicted molar refractivity (Wildman–Crippen MR) is 56.6 cm³/mol. The van der Waals surface area contributed by atoms with Crippen molar-refractivity contribution in [1.29, 1.82) is 0 Å². The third kappa shape index (κ3) is 13.8. The van der Waals surface area contributed by atoms with Gasteiger partial charge in [0.25, 0.3) is 6.29 Å². The summed E-state index contributed by atoms with van der Waals surface area (Å²) in [6.45, 7) is 4.36. The van der Waals surface area contributed by atoms with Crippen LogP contribution in [0, 0.1) is 0 Å². The van der Waals surface area contributed by atoms with Gasteiger partial charge in [-0.3, -0.25) is 18.2 Å².